The highest BCUT2D eigenvalue weighted by Gasteiger charge is 2.36. The van der Waals surface area contributed by atoms with Gasteiger partial charge in [-0.15, -0.1) is 0 Å². The van der Waals surface area contributed by atoms with Crippen LogP contribution in [0.2, 0.25) is 0 Å². The smallest absolute Gasteiger partial charge is 0.243 e. The van der Waals surface area contributed by atoms with Crippen molar-refractivity contribution >= 4 is 43.5 Å². The van der Waals surface area contributed by atoms with E-state index in [4.69, 9.17) is 0 Å². The molecule has 2 amide bonds. The summed E-state index contributed by atoms with van der Waals surface area (Å²) in [6.45, 7) is 0.783. The van der Waals surface area contributed by atoms with Crippen molar-refractivity contribution in [3.05, 3.63) is 58.3 Å². The van der Waals surface area contributed by atoms with Gasteiger partial charge in [0.25, 0.3) is 0 Å². The van der Waals surface area contributed by atoms with E-state index < -0.39 is 21.8 Å². The molecule has 0 bridgehead atoms. The summed E-state index contributed by atoms with van der Waals surface area (Å²) in [5.74, 6) is -1.79. The number of sulfonamides is 1. The molecule has 158 valence electrons. The molecule has 0 spiro atoms. The molecule has 2 heterocycles. The van der Waals surface area contributed by atoms with Crippen LogP contribution in [0, 0.1) is 5.82 Å². The van der Waals surface area contributed by atoms with Crippen LogP contribution in [0.15, 0.2) is 51.8 Å². The van der Waals surface area contributed by atoms with Crippen molar-refractivity contribution in [1.82, 2.24) is 9.21 Å². The molecule has 2 aromatic carbocycles. The first-order valence-corrected chi connectivity index (χ1v) is 11.6. The minimum absolute atomic E-state index is 0.0190. The van der Waals surface area contributed by atoms with Crippen LogP contribution in [-0.4, -0.2) is 55.6 Å². The van der Waals surface area contributed by atoms with E-state index in [1.54, 1.807) is 17.0 Å². The van der Waals surface area contributed by atoms with Crippen LogP contribution in [0.1, 0.15) is 17.9 Å². The highest BCUT2D eigenvalue weighted by atomic mass is 79.9. The van der Waals surface area contributed by atoms with Gasteiger partial charge in [-0.3, -0.25) is 9.59 Å². The van der Waals surface area contributed by atoms with E-state index in [0.717, 1.165) is 4.47 Å². The van der Waals surface area contributed by atoms with E-state index in [0.29, 0.717) is 11.3 Å². The molecule has 7 nitrogen and oxygen atoms in total. The fourth-order valence-electron chi connectivity index (χ4n) is 3.78. The summed E-state index contributed by atoms with van der Waals surface area (Å²) in [6.07, 6.45) is -0.0190. The van der Waals surface area contributed by atoms with E-state index in [1.165, 1.54) is 34.6 Å². The fourth-order valence-corrected chi connectivity index (χ4v) is 5.47. The van der Waals surface area contributed by atoms with Crippen LogP contribution in [0.4, 0.5) is 10.1 Å². The second kappa shape index (κ2) is 8.09. The molecule has 10 heteroatoms. The van der Waals surface area contributed by atoms with Crippen molar-refractivity contribution in [1.29, 1.82) is 0 Å². The topological polar surface area (TPSA) is 86.8 Å². The lowest BCUT2D eigenvalue weighted by Gasteiger charge is -2.36. The Morgan fingerprint density at radius 1 is 1.07 bits per heavy atom. The molecule has 30 heavy (non-hydrogen) atoms. The maximum Gasteiger partial charge on any atom is 0.243 e. The first-order valence-electron chi connectivity index (χ1n) is 9.39. The number of carbonyl (C=O) groups is 2. The van der Waals surface area contributed by atoms with Crippen LogP contribution < -0.4 is 5.32 Å². The first-order chi connectivity index (χ1) is 14.3. The van der Waals surface area contributed by atoms with E-state index in [2.05, 4.69) is 21.2 Å². The number of amides is 2. The lowest BCUT2D eigenvalue weighted by Crippen LogP contribution is -2.52. The molecule has 1 fully saturated rings. The third-order valence-electron chi connectivity index (χ3n) is 5.35. The van der Waals surface area contributed by atoms with Gasteiger partial charge in [0.05, 0.1) is 10.8 Å². The Kier molecular flexibility index (Phi) is 5.65. The zero-order valence-corrected chi connectivity index (χ0v) is 18.2. The fraction of sp³-hybridized carbons (Fsp3) is 0.300. The van der Waals surface area contributed by atoms with Gasteiger partial charge in [0, 0.05) is 42.8 Å². The molecule has 1 N–H and O–H groups in total. The third-order valence-corrected chi connectivity index (χ3v) is 7.80. The molecule has 0 saturated carbocycles. The Balaban J connectivity index is 1.48. The summed E-state index contributed by atoms with van der Waals surface area (Å²) in [5.41, 5.74) is 0.881. The standard InChI is InChI=1S/C20H19BrFN3O4S/c21-13-1-4-15(5-2-13)30(28,29)25-9-7-24(8-10-25)20(27)17-12-19(26)23-18-11-14(22)3-6-16(17)18/h1-6,11,17H,7-10,12H2,(H,23,26)/t17-/m1/s1. The van der Waals surface area contributed by atoms with E-state index in [9.17, 15) is 22.4 Å². The SMILES string of the molecule is O=C1C[C@@H](C(=O)N2CCN(S(=O)(=O)c3ccc(Br)cc3)CC2)c2ccc(F)cc2N1. The van der Waals surface area contributed by atoms with Gasteiger partial charge in [0.2, 0.25) is 21.8 Å². The van der Waals surface area contributed by atoms with Crippen molar-refractivity contribution < 1.29 is 22.4 Å². The van der Waals surface area contributed by atoms with Gasteiger partial charge in [0.1, 0.15) is 5.82 Å². The number of piperazine rings is 1. The lowest BCUT2D eigenvalue weighted by molar-refractivity contribution is -0.136. The molecule has 1 saturated heterocycles. The number of carbonyl (C=O) groups excluding carboxylic acids is 2. The summed E-state index contributed by atoms with van der Waals surface area (Å²) in [5, 5.41) is 2.60. The van der Waals surface area contributed by atoms with Crippen molar-refractivity contribution in [2.75, 3.05) is 31.5 Å². The zero-order valence-electron chi connectivity index (χ0n) is 15.8. The Labute approximate surface area is 182 Å². The summed E-state index contributed by atoms with van der Waals surface area (Å²) in [4.78, 5) is 26.9. The van der Waals surface area contributed by atoms with Gasteiger partial charge < -0.3 is 10.2 Å². The molecule has 2 aliphatic rings. The number of hydrogen-bond donors (Lipinski definition) is 1. The average molecular weight is 496 g/mol. The van der Waals surface area contributed by atoms with Crippen molar-refractivity contribution in [2.24, 2.45) is 0 Å². The van der Waals surface area contributed by atoms with Crippen LogP contribution >= 0.6 is 15.9 Å². The van der Waals surface area contributed by atoms with E-state index >= 15 is 0 Å². The lowest BCUT2D eigenvalue weighted by atomic mass is 9.89. The number of rotatable bonds is 3. The molecule has 0 aliphatic carbocycles. The van der Waals surface area contributed by atoms with Gasteiger partial charge in [-0.05, 0) is 42.0 Å². The number of nitrogens with zero attached hydrogens (tertiary/aromatic N) is 2. The largest absolute Gasteiger partial charge is 0.340 e. The normalized spacial score (nSPS) is 19.9. The minimum atomic E-state index is -3.65. The molecule has 0 unspecified atom stereocenters. The van der Waals surface area contributed by atoms with Gasteiger partial charge in [-0.25, -0.2) is 12.8 Å². The number of benzene rings is 2. The maximum absolute atomic E-state index is 13.5. The highest BCUT2D eigenvalue weighted by Crippen LogP contribution is 2.34. The quantitative estimate of drug-likeness (QED) is 0.708. The van der Waals surface area contributed by atoms with E-state index in [1.807, 2.05) is 0 Å². The highest BCUT2D eigenvalue weighted by molar-refractivity contribution is 9.10. The second-order valence-corrected chi connectivity index (χ2v) is 10.1. The molecule has 2 aliphatic heterocycles. The van der Waals surface area contributed by atoms with Crippen LogP contribution in [-0.2, 0) is 19.6 Å². The minimum Gasteiger partial charge on any atom is -0.340 e. The summed E-state index contributed by atoms with van der Waals surface area (Å²) < 4.78 is 41.3. The van der Waals surface area contributed by atoms with Crippen molar-refractivity contribution in [3.63, 3.8) is 0 Å². The van der Waals surface area contributed by atoms with Crippen molar-refractivity contribution in [2.45, 2.75) is 17.2 Å². The van der Waals surface area contributed by atoms with Crippen LogP contribution in [0.25, 0.3) is 0 Å². The first kappa shape index (κ1) is 21.0. The van der Waals surface area contributed by atoms with Gasteiger partial charge in [-0.1, -0.05) is 22.0 Å². The van der Waals surface area contributed by atoms with Crippen molar-refractivity contribution in [3.8, 4) is 0 Å². The van der Waals surface area contributed by atoms with Gasteiger partial charge in [-0.2, -0.15) is 4.31 Å². The predicted octanol–water partition coefficient (Wildman–Crippen LogP) is 2.55. The number of anilines is 1. The van der Waals surface area contributed by atoms with Crippen LogP contribution in [0.5, 0.6) is 0 Å². The predicted molar refractivity (Wildman–Crippen MR) is 112 cm³/mol. The van der Waals surface area contributed by atoms with E-state index in [-0.39, 0.29) is 49.3 Å². The molecule has 4 rings (SSSR count). The monoisotopic (exact) mass is 495 g/mol. The summed E-state index contributed by atoms with van der Waals surface area (Å²) >= 11 is 3.29. The number of halogens is 2. The molecular formula is C20H19BrFN3O4S. The molecule has 1 atom stereocenters. The summed E-state index contributed by atoms with van der Waals surface area (Å²) in [6, 6.07) is 10.4. The Hall–Kier alpha value is -2.30. The second-order valence-electron chi connectivity index (χ2n) is 7.22. The Morgan fingerprint density at radius 3 is 2.40 bits per heavy atom. The summed E-state index contributed by atoms with van der Waals surface area (Å²) in [7, 11) is -3.65. The van der Waals surface area contributed by atoms with Gasteiger partial charge in [0.15, 0.2) is 0 Å². The van der Waals surface area contributed by atoms with Crippen LogP contribution in [0.3, 0.4) is 0 Å². The number of hydrogen-bond acceptors (Lipinski definition) is 4. The molecular weight excluding hydrogens is 477 g/mol. The average Bonchev–Trinajstić information content (AvgIpc) is 2.72. The molecule has 0 aromatic heterocycles. The number of fused-ring (bicyclic) bond motifs is 1. The zero-order chi connectivity index (χ0) is 21.5. The van der Waals surface area contributed by atoms with Gasteiger partial charge >= 0.3 is 0 Å². The maximum atomic E-state index is 13.5. The Morgan fingerprint density at radius 2 is 1.73 bits per heavy atom. The molecule has 2 aromatic rings. The Bertz CT molecular complexity index is 1100. The third kappa shape index (κ3) is 3.99. The number of nitrogens with one attached hydrogen (secondary N) is 1. The molecule has 0 radical (unpaired) electrons.